The predicted octanol–water partition coefficient (Wildman–Crippen LogP) is 3.91. The largest absolute Gasteiger partial charge is 0.418 e. The summed E-state index contributed by atoms with van der Waals surface area (Å²) in [6, 6.07) is 4.31. The number of rotatable bonds is 5. The van der Waals surface area contributed by atoms with Crippen LogP contribution in [0.5, 0.6) is 0 Å². The molecule has 2 saturated carbocycles. The number of nitrogens with zero attached hydrogens (tertiary/aromatic N) is 1. The van der Waals surface area contributed by atoms with E-state index in [4.69, 9.17) is 5.73 Å². The highest BCUT2D eigenvalue weighted by Gasteiger charge is 2.35. The zero-order valence-corrected chi connectivity index (χ0v) is 11.3. The van der Waals surface area contributed by atoms with Gasteiger partial charge in [-0.2, -0.15) is 13.2 Å². The Kier molecular flexibility index (Phi) is 3.30. The number of hydrogen-bond acceptors (Lipinski definition) is 2. The van der Waals surface area contributed by atoms with E-state index in [1.165, 1.54) is 37.8 Å². The average Bonchev–Trinajstić information content (AvgIpc) is 3.22. The second-order valence-corrected chi connectivity index (χ2v) is 6.06. The Labute approximate surface area is 116 Å². The molecule has 0 unspecified atom stereocenters. The Morgan fingerprint density at radius 2 is 1.60 bits per heavy atom. The Balaban J connectivity index is 1.84. The standard InChI is InChI=1S/C15H19F3N2/c16-15(17,18)13-7-12(5-6-14(13)19)20(8-10-1-2-10)9-11-3-4-11/h5-7,10-11H,1-4,8-9,19H2. The molecule has 2 aliphatic rings. The lowest BCUT2D eigenvalue weighted by atomic mass is 10.1. The summed E-state index contributed by atoms with van der Waals surface area (Å²) in [5.74, 6) is 1.31. The molecular weight excluding hydrogens is 265 g/mol. The molecular formula is C15H19F3N2. The minimum Gasteiger partial charge on any atom is -0.398 e. The molecule has 0 bridgehead atoms. The first-order valence-electron chi connectivity index (χ1n) is 7.15. The summed E-state index contributed by atoms with van der Waals surface area (Å²) >= 11 is 0. The van der Waals surface area contributed by atoms with Crippen LogP contribution in [0.1, 0.15) is 31.2 Å². The summed E-state index contributed by atoms with van der Waals surface area (Å²) in [4.78, 5) is 2.12. The molecule has 0 saturated heterocycles. The maximum atomic E-state index is 12.9. The van der Waals surface area contributed by atoms with Crippen LogP contribution in [-0.4, -0.2) is 13.1 Å². The lowest BCUT2D eigenvalue weighted by Crippen LogP contribution is -2.28. The number of nitrogen functional groups attached to an aromatic ring is 1. The van der Waals surface area contributed by atoms with Gasteiger partial charge in [-0.25, -0.2) is 0 Å². The Morgan fingerprint density at radius 3 is 2.05 bits per heavy atom. The van der Waals surface area contributed by atoms with Gasteiger partial charge in [0.25, 0.3) is 0 Å². The van der Waals surface area contributed by atoms with E-state index in [2.05, 4.69) is 4.90 Å². The van der Waals surface area contributed by atoms with E-state index in [0.29, 0.717) is 17.5 Å². The van der Waals surface area contributed by atoms with Crippen molar-refractivity contribution in [3.8, 4) is 0 Å². The number of alkyl halides is 3. The van der Waals surface area contributed by atoms with Crippen molar-refractivity contribution in [2.45, 2.75) is 31.9 Å². The normalized spacial score (nSPS) is 19.1. The third-order valence-corrected chi connectivity index (χ3v) is 4.06. The first kappa shape index (κ1) is 13.6. The van der Waals surface area contributed by atoms with Gasteiger partial charge in [-0.3, -0.25) is 0 Å². The molecule has 0 heterocycles. The number of halogens is 3. The van der Waals surface area contributed by atoms with Gasteiger partial charge in [0.1, 0.15) is 0 Å². The Morgan fingerprint density at radius 1 is 1.05 bits per heavy atom. The second-order valence-electron chi connectivity index (χ2n) is 6.06. The quantitative estimate of drug-likeness (QED) is 0.830. The highest BCUT2D eigenvalue weighted by molar-refractivity contribution is 5.59. The van der Waals surface area contributed by atoms with E-state index in [0.717, 1.165) is 13.1 Å². The highest BCUT2D eigenvalue weighted by atomic mass is 19.4. The van der Waals surface area contributed by atoms with Crippen LogP contribution in [0.25, 0.3) is 0 Å². The number of anilines is 2. The van der Waals surface area contributed by atoms with Gasteiger partial charge >= 0.3 is 6.18 Å². The fourth-order valence-corrected chi connectivity index (χ4v) is 2.50. The lowest BCUT2D eigenvalue weighted by molar-refractivity contribution is -0.136. The zero-order valence-electron chi connectivity index (χ0n) is 11.3. The molecule has 0 aromatic heterocycles. The minimum atomic E-state index is -4.38. The van der Waals surface area contributed by atoms with Crippen molar-refractivity contribution in [2.75, 3.05) is 23.7 Å². The van der Waals surface area contributed by atoms with E-state index in [1.807, 2.05) is 0 Å². The molecule has 2 nitrogen and oxygen atoms in total. The molecule has 0 amide bonds. The van der Waals surface area contributed by atoms with Gasteiger partial charge in [-0.05, 0) is 55.7 Å². The average molecular weight is 284 g/mol. The lowest BCUT2D eigenvalue weighted by Gasteiger charge is -2.26. The summed E-state index contributed by atoms with van der Waals surface area (Å²) in [6.45, 7) is 1.75. The van der Waals surface area contributed by atoms with E-state index < -0.39 is 11.7 Å². The van der Waals surface area contributed by atoms with Crippen LogP contribution in [0, 0.1) is 11.8 Å². The van der Waals surface area contributed by atoms with Crippen molar-refractivity contribution in [3.05, 3.63) is 23.8 Å². The van der Waals surface area contributed by atoms with Crippen molar-refractivity contribution >= 4 is 11.4 Å². The molecule has 2 fully saturated rings. The molecule has 0 spiro atoms. The third-order valence-electron chi connectivity index (χ3n) is 4.06. The van der Waals surface area contributed by atoms with E-state index in [9.17, 15) is 13.2 Å². The smallest absolute Gasteiger partial charge is 0.398 e. The molecule has 110 valence electrons. The van der Waals surface area contributed by atoms with Gasteiger partial charge < -0.3 is 10.6 Å². The summed E-state index contributed by atoms with van der Waals surface area (Å²) in [5, 5.41) is 0. The van der Waals surface area contributed by atoms with Crippen molar-refractivity contribution < 1.29 is 13.2 Å². The number of hydrogen-bond donors (Lipinski definition) is 1. The minimum absolute atomic E-state index is 0.195. The van der Waals surface area contributed by atoms with Gasteiger partial charge in [0.2, 0.25) is 0 Å². The molecule has 2 aliphatic carbocycles. The van der Waals surface area contributed by atoms with Gasteiger partial charge in [-0.1, -0.05) is 0 Å². The molecule has 0 atom stereocenters. The summed E-state index contributed by atoms with van der Waals surface area (Å²) < 4.78 is 38.8. The summed E-state index contributed by atoms with van der Waals surface area (Å²) in [5.41, 5.74) is 5.21. The molecule has 1 aromatic rings. The third kappa shape index (κ3) is 3.19. The summed E-state index contributed by atoms with van der Waals surface area (Å²) in [6.07, 6.45) is 0.403. The topological polar surface area (TPSA) is 29.3 Å². The van der Waals surface area contributed by atoms with E-state index in [-0.39, 0.29) is 5.69 Å². The van der Waals surface area contributed by atoms with E-state index >= 15 is 0 Å². The van der Waals surface area contributed by atoms with Crippen molar-refractivity contribution in [3.63, 3.8) is 0 Å². The Hall–Kier alpha value is -1.39. The molecule has 1 aromatic carbocycles. The molecule has 20 heavy (non-hydrogen) atoms. The predicted molar refractivity (Wildman–Crippen MR) is 73.5 cm³/mol. The van der Waals surface area contributed by atoms with Crippen LogP contribution < -0.4 is 10.6 Å². The molecule has 3 rings (SSSR count). The van der Waals surface area contributed by atoms with Crippen molar-refractivity contribution in [1.29, 1.82) is 0 Å². The van der Waals surface area contributed by atoms with Gasteiger partial charge in [0.05, 0.1) is 5.56 Å². The van der Waals surface area contributed by atoms with Crippen LogP contribution in [-0.2, 0) is 6.18 Å². The highest BCUT2D eigenvalue weighted by Crippen LogP contribution is 2.39. The zero-order chi connectivity index (χ0) is 14.3. The van der Waals surface area contributed by atoms with E-state index in [1.54, 1.807) is 6.07 Å². The summed E-state index contributed by atoms with van der Waals surface area (Å²) in [7, 11) is 0. The van der Waals surface area contributed by atoms with Crippen LogP contribution >= 0.6 is 0 Å². The first-order valence-corrected chi connectivity index (χ1v) is 7.15. The van der Waals surface area contributed by atoms with Crippen LogP contribution in [0.15, 0.2) is 18.2 Å². The van der Waals surface area contributed by atoms with Crippen LogP contribution in [0.4, 0.5) is 24.5 Å². The first-order chi connectivity index (χ1) is 9.43. The SMILES string of the molecule is Nc1ccc(N(CC2CC2)CC2CC2)cc1C(F)(F)F. The fraction of sp³-hybridized carbons (Fsp3) is 0.600. The Bertz CT molecular complexity index is 476. The molecule has 5 heteroatoms. The van der Waals surface area contributed by atoms with Gasteiger partial charge in [0, 0.05) is 24.5 Å². The van der Waals surface area contributed by atoms with Crippen LogP contribution in [0.2, 0.25) is 0 Å². The molecule has 0 radical (unpaired) electrons. The van der Waals surface area contributed by atoms with Crippen molar-refractivity contribution in [1.82, 2.24) is 0 Å². The maximum Gasteiger partial charge on any atom is 0.418 e. The van der Waals surface area contributed by atoms with Crippen molar-refractivity contribution in [2.24, 2.45) is 11.8 Å². The van der Waals surface area contributed by atoms with Gasteiger partial charge in [0.15, 0.2) is 0 Å². The number of nitrogens with two attached hydrogens (primary N) is 1. The fourth-order valence-electron chi connectivity index (χ4n) is 2.50. The molecule has 2 N–H and O–H groups in total. The second kappa shape index (κ2) is 4.86. The molecule has 0 aliphatic heterocycles. The maximum absolute atomic E-state index is 12.9. The van der Waals surface area contributed by atoms with Gasteiger partial charge in [-0.15, -0.1) is 0 Å². The number of benzene rings is 1. The monoisotopic (exact) mass is 284 g/mol. The van der Waals surface area contributed by atoms with Crippen LogP contribution in [0.3, 0.4) is 0 Å².